The smallest absolute Gasteiger partial charge is 0.178 e. The number of rotatable bonds is 1. The average molecular weight is 264 g/mol. The van der Waals surface area contributed by atoms with Crippen LogP contribution in [0, 0.1) is 0 Å². The van der Waals surface area contributed by atoms with Gasteiger partial charge in [0, 0.05) is 21.8 Å². The van der Waals surface area contributed by atoms with Crippen molar-refractivity contribution in [1.29, 1.82) is 0 Å². The summed E-state index contributed by atoms with van der Waals surface area (Å²) in [6.45, 7) is 0. The Bertz CT molecular complexity index is 638. The van der Waals surface area contributed by atoms with E-state index in [1.807, 2.05) is 24.3 Å². The molecule has 1 aromatic carbocycles. The van der Waals surface area contributed by atoms with Crippen molar-refractivity contribution in [3.8, 4) is 11.4 Å². The van der Waals surface area contributed by atoms with Gasteiger partial charge in [-0.05, 0) is 30.3 Å². The van der Waals surface area contributed by atoms with Gasteiger partial charge in [-0.2, -0.15) is 0 Å². The Balaban J connectivity index is 2.20. The summed E-state index contributed by atoms with van der Waals surface area (Å²) < 4.78 is 0. The van der Waals surface area contributed by atoms with Crippen LogP contribution in [0.3, 0.4) is 0 Å². The second-order valence-corrected chi connectivity index (χ2v) is 4.49. The standard InChI is InChI=1S/C12H7Cl2N3/c13-8-4-7(5-9(14)6-8)11-16-10-2-1-3-15-12(10)17-11/h1-6H,(H,15,16,17). The molecule has 0 radical (unpaired) electrons. The lowest BCUT2D eigenvalue weighted by molar-refractivity contribution is 1.30. The van der Waals surface area contributed by atoms with E-state index < -0.39 is 0 Å². The third-order valence-corrected chi connectivity index (χ3v) is 2.83. The van der Waals surface area contributed by atoms with Crippen molar-refractivity contribution in [3.05, 3.63) is 46.6 Å². The van der Waals surface area contributed by atoms with Crippen LogP contribution in [0.15, 0.2) is 36.5 Å². The highest BCUT2D eigenvalue weighted by Crippen LogP contribution is 2.26. The molecule has 3 nitrogen and oxygen atoms in total. The molecule has 0 aliphatic rings. The first-order chi connectivity index (χ1) is 8.22. The van der Waals surface area contributed by atoms with Gasteiger partial charge in [-0.25, -0.2) is 9.97 Å². The average Bonchev–Trinajstić information content (AvgIpc) is 2.71. The Hall–Kier alpha value is -1.58. The fourth-order valence-electron chi connectivity index (χ4n) is 1.67. The highest BCUT2D eigenvalue weighted by atomic mass is 35.5. The van der Waals surface area contributed by atoms with Gasteiger partial charge in [0.1, 0.15) is 5.82 Å². The molecule has 0 spiro atoms. The first-order valence-corrected chi connectivity index (χ1v) is 5.75. The number of hydrogen-bond acceptors (Lipinski definition) is 2. The van der Waals surface area contributed by atoms with Gasteiger partial charge in [-0.15, -0.1) is 0 Å². The zero-order valence-corrected chi connectivity index (χ0v) is 10.1. The topological polar surface area (TPSA) is 41.6 Å². The van der Waals surface area contributed by atoms with Crippen LogP contribution >= 0.6 is 23.2 Å². The summed E-state index contributed by atoms with van der Waals surface area (Å²) in [7, 11) is 0. The highest BCUT2D eigenvalue weighted by molar-refractivity contribution is 6.35. The van der Waals surface area contributed by atoms with Gasteiger partial charge in [0.15, 0.2) is 5.65 Å². The highest BCUT2D eigenvalue weighted by Gasteiger charge is 2.07. The van der Waals surface area contributed by atoms with E-state index in [0.29, 0.717) is 21.5 Å². The third-order valence-electron chi connectivity index (χ3n) is 2.39. The summed E-state index contributed by atoms with van der Waals surface area (Å²) in [6.07, 6.45) is 1.71. The first kappa shape index (κ1) is 10.6. The fourth-order valence-corrected chi connectivity index (χ4v) is 2.20. The summed E-state index contributed by atoms with van der Waals surface area (Å²) in [5.41, 5.74) is 2.41. The lowest BCUT2D eigenvalue weighted by atomic mass is 10.2. The van der Waals surface area contributed by atoms with Crippen molar-refractivity contribution in [1.82, 2.24) is 15.0 Å². The lowest BCUT2D eigenvalue weighted by Crippen LogP contribution is -1.80. The van der Waals surface area contributed by atoms with E-state index in [4.69, 9.17) is 23.2 Å². The predicted molar refractivity (Wildman–Crippen MR) is 69.3 cm³/mol. The second-order valence-electron chi connectivity index (χ2n) is 3.62. The van der Waals surface area contributed by atoms with Crippen LogP contribution in [-0.2, 0) is 0 Å². The molecule has 0 saturated heterocycles. The zero-order valence-electron chi connectivity index (χ0n) is 8.61. The van der Waals surface area contributed by atoms with Gasteiger partial charge in [0.25, 0.3) is 0 Å². The molecule has 2 aromatic heterocycles. The van der Waals surface area contributed by atoms with Crippen molar-refractivity contribution in [2.75, 3.05) is 0 Å². The van der Waals surface area contributed by atoms with Crippen molar-refractivity contribution in [2.24, 2.45) is 0 Å². The molecule has 3 rings (SSSR count). The number of benzene rings is 1. The van der Waals surface area contributed by atoms with Gasteiger partial charge < -0.3 is 4.98 Å². The molecular formula is C12H7Cl2N3. The summed E-state index contributed by atoms with van der Waals surface area (Å²) >= 11 is 11.9. The summed E-state index contributed by atoms with van der Waals surface area (Å²) in [5, 5.41) is 1.17. The van der Waals surface area contributed by atoms with E-state index in [-0.39, 0.29) is 0 Å². The van der Waals surface area contributed by atoms with E-state index in [0.717, 1.165) is 11.1 Å². The number of H-pyrrole nitrogens is 1. The normalized spacial score (nSPS) is 10.9. The van der Waals surface area contributed by atoms with E-state index in [2.05, 4.69) is 15.0 Å². The number of pyridine rings is 1. The number of halogens is 2. The SMILES string of the molecule is Clc1cc(Cl)cc(-c2nc3ncccc3[nH]2)c1. The molecule has 0 amide bonds. The Morgan fingerprint density at radius 2 is 1.82 bits per heavy atom. The number of hydrogen-bond donors (Lipinski definition) is 1. The monoisotopic (exact) mass is 263 g/mol. The van der Waals surface area contributed by atoms with E-state index >= 15 is 0 Å². The van der Waals surface area contributed by atoms with Gasteiger partial charge in [-0.3, -0.25) is 0 Å². The summed E-state index contributed by atoms with van der Waals surface area (Å²) in [5.74, 6) is 0.711. The minimum absolute atomic E-state index is 0.584. The Labute approximate surface area is 107 Å². The lowest BCUT2D eigenvalue weighted by Gasteiger charge is -1.98. The Kier molecular flexibility index (Phi) is 2.50. The summed E-state index contributed by atoms with van der Waals surface area (Å²) in [4.78, 5) is 11.7. The molecule has 3 aromatic rings. The van der Waals surface area contributed by atoms with Crippen LogP contribution in [0.5, 0.6) is 0 Å². The van der Waals surface area contributed by atoms with Crippen LogP contribution in [0.25, 0.3) is 22.6 Å². The van der Waals surface area contributed by atoms with Gasteiger partial charge in [0.2, 0.25) is 0 Å². The molecule has 0 fully saturated rings. The minimum Gasteiger partial charge on any atom is -0.337 e. The second kappa shape index (κ2) is 4.02. The maximum Gasteiger partial charge on any atom is 0.178 e. The largest absolute Gasteiger partial charge is 0.337 e. The van der Waals surface area contributed by atoms with Crippen LogP contribution in [0.1, 0.15) is 0 Å². The summed E-state index contributed by atoms with van der Waals surface area (Å²) in [6, 6.07) is 9.09. The van der Waals surface area contributed by atoms with Crippen LogP contribution < -0.4 is 0 Å². The van der Waals surface area contributed by atoms with Gasteiger partial charge in [-0.1, -0.05) is 23.2 Å². The number of fused-ring (bicyclic) bond motifs is 1. The van der Waals surface area contributed by atoms with E-state index in [1.165, 1.54) is 0 Å². The molecule has 0 atom stereocenters. The maximum absolute atomic E-state index is 5.96. The van der Waals surface area contributed by atoms with Gasteiger partial charge >= 0.3 is 0 Å². The Morgan fingerprint density at radius 1 is 1.06 bits per heavy atom. The molecule has 1 N–H and O–H groups in total. The van der Waals surface area contributed by atoms with Crippen molar-refractivity contribution in [2.45, 2.75) is 0 Å². The third kappa shape index (κ3) is 1.99. The molecule has 0 saturated carbocycles. The van der Waals surface area contributed by atoms with Crippen molar-refractivity contribution < 1.29 is 0 Å². The fraction of sp³-hybridized carbons (Fsp3) is 0. The van der Waals surface area contributed by atoms with Crippen molar-refractivity contribution >= 4 is 34.4 Å². The number of nitrogens with one attached hydrogen (secondary N) is 1. The molecule has 5 heteroatoms. The minimum atomic E-state index is 0.584. The van der Waals surface area contributed by atoms with Crippen LogP contribution in [0.2, 0.25) is 10.0 Å². The molecule has 84 valence electrons. The molecule has 0 aliphatic heterocycles. The first-order valence-electron chi connectivity index (χ1n) is 4.99. The molecule has 0 aliphatic carbocycles. The van der Waals surface area contributed by atoms with Gasteiger partial charge in [0.05, 0.1) is 5.52 Å². The molecule has 0 unspecified atom stereocenters. The number of imidazole rings is 1. The quantitative estimate of drug-likeness (QED) is 0.723. The molecule has 0 bridgehead atoms. The van der Waals surface area contributed by atoms with Crippen LogP contribution in [-0.4, -0.2) is 15.0 Å². The van der Waals surface area contributed by atoms with E-state index in [9.17, 15) is 0 Å². The predicted octanol–water partition coefficient (Wildman–Crippen LogP) is 3.93. The maximum atomic E-state index is 5.96. The molecule has 17 heavy (non-hydrogen) atoms. The number of aromatic amines is 1. The molecule has 2 heterocycles. The van der Waals surface area contributed by atoms with Crippen molar-refractivity contribution in [3.63, 3.8) is 0 Å². The molecular weight excluding hydrogens is 257 g/mol. The van der Waals surface area contributed by atoms with Crippen LogP contribution in [0.4, 0.5) is 0 Å². The Morgan fingerprint density at radius 3 is 2.53 bits per heavy atom. The number of aromatic nitrogens is 3. The number of nitrogens with zero attached hydrogens (tertiary/aromatic N) is 2. The zero-order chi connectivity index (χ0) is 11.8. The van der Waals surface area contributed by atoms with E-state index in [1.54, 1.807) is 12.3 Å².